The molecule has 0 aliphatic carbocycles. The van der Waals surface area contributed by atoms with Gasteiger partial charge in [-0.25, -0.2) is 4.79 Å². The van der Waals surface area contributed by atoms with E-state index < -0.39 is 5.97 Å². The molecule has 5 nitrogen and oxygen atoms in total. The van der Waals surface area contributed by atoms with Gasteiger partial charge in [0.15, 0.2) is 0 Å². The monoisotopic (exact) mass is 284 g/mol. The first-order valence-electron chi connectivity index (χ1n) is 6.43. The van der Waals surface area contributed by atoms with Crippen LogP contribution < -0.4 is 11.1 Å². The molecule has 0 atom stereocenters. The van der Waals surface area contributed by atoms with Crippen molar-refractivity contribution in [1.82, 2.24) is 0 Å². The van der Waals surface area contributed by atoms with Crippen LogP contribution in [0.3, 0.4) is 0 Å². The molecule has 0 bridgehead atoms. The number of ether oxygens (including phenoxy) is 1. The van der Waals surface area contributed by atoms with Crippen molar-refractivity contribution in [2.75, 3.05) is 12.4 Å². The van der Waals surface area contributed by atoms with E-state index in [4.69, 9.17) is 5.73 Å². The Bertz CT molecular complexity index is 651. The molecule has 1 amide bonds. The Morgan fingerprint density at radius 2 is 1.76 bits per heavy atom. The maximum absolute atomic E-state index is 12.2. The number of anilines is 1. The molecule has 0 saturated carbocycles. The number of nitrogens with one attached hydrogen (secondary N) is 1. The van der Waals surface area contributed by atoms with Gasteiger partial charge in [0, 0.05) is 17.8 Å². The van der Waals surface area contributed by atoms with Crippen LogP contribution in [0, 0.1) is 0 Å². The van der Waals surface area contributed by atoms with Gasteiger partial charge in [0.2, 0.25) is 0 Å². The fraction of sp³-hybridized carbons (Fsp3) is 0.125. The Labute approximate surface area is 122 Å². The number of rotatable bonds is 4. The molecule has 5 heteroatoms. The van der Waals surface area contributed by atoms with E-state index in [0.717, 1.165) is 5.56 Å². The molecule has 3 N–H and O–H groups in total. The number of benzene rings is 2. The number of carbonyl (C=O) groups excluding carboxylic acids is 2. The van der Waals surface area contributed by atoms with E-state index in [0.29, 0.717) is 23.4 Å². The van der Waals surface area contributed by atoms with Crippen LogP contribution in [0.5, 0.6) is 0 Å². The standard InChI is InChI=1S/C16H16N2O3/c1-21-16(20)11-6-8-13(9-7-11)18-15(19)14-5-3-2-4-12(14)10-17/h2-9H,10,17H2,1H3,(H,18,19). The maximum Gasteiger partial charge on any atom is 0.337 e. The fourth-order valence-corrected chi connectivity index (χ4v) is 1.93. The summed E-state index contributed by atoms with van der Waals surface area (Å²) < 4.78 is 4.62. The number of amides is 1. The second-order valence-electron chi connectivity index (χ2n) is 4.38. The van der Waals surface area contributed by atoms with Gasteiger partial charge in [-0.1, -0.05) is 18.2 Å². The van der Waals surface area contributed by atoms with Gasteiger partial charge in [-0.05, 0) is 35.9 Å². The Morgan fingerprint density at radius 3 is 2.38 bits per heavy atom. The molecule has 0 saturated heterocycles. The molecule has 0 radical (unpaired) electrons. The van der Waals surface area contributed by atoms with E-state index in [2.05, 4.69) is 10.1 Å². The highest BCUT2D eigenvalue weighted by molar-refractivity contribution is 6.05. The van der Waals surface area contributed by atoms with Crippen molar-refractivity contribution in [2.24, 2.45) is 5.73 Å². The van der Waals surface area contributed by atoms with Crippen LogP contribution in [0.1, 0.15) is 26.3 Å². The van der Waals surface area contributed by atoms with Gasteiger partial charge in [0.25, 0.3) is 5.91 Å². The lowest BCUT2D eigenvalue weighted by Crippen LogP contribution is -2.15. The molecular formula is C16H16N2O3. The van der Waals surface area contributed by atoms with Gasteiger partial charge in [-0.2, -0.15) is 0 Å². The van der Waals surface area contributed by atoms with E-state index in [-0.39, 0.29) is 5.91 Å². The molecule has 2 aromatic rings. The summed E-state index contributed by atoms with van der Waals surface area (Å²) in [4.78, 5) is 23.5. The summed E-state index contributed by atoms with van der Waals surface area (Å²) in [5.41, 5.74) is 7.96. The molecule has 0 heterocycles. The number of methoxy groups -OCH3 is 1. The lowest BCUT2D eigenvalue weighted by atomic mass is 10.1. The predicted octanol–water partition coefficient (Wildman–Crippen LogP) is 2.18. The summed E-state index contributed by atoms with van der Waals surface area (Å²) in [6, 6.07) is 13.6. The number of carbonyl (C=O) groups is 2. The number of hydrogen-bond acceptors (Lipinski definition) is 4. The van der Waals surface area contributed by atoms with Crippen LogP contribution in [-0.2, 0) is 11.3 Å². The van der Waals surface area contributed by atoms with Crippen LogP contribution in [0.15, 0.2) is 48.5 Å². The number of esters is 1. The minimum atomic E-state index is -0.415. The third-order valence-electron chi connectivity index (χ3n) is 3.05. The second kappa shape index (κ2) is 6.67. The fourth-order valence-electron chi connectivity index (χ4n) is 1.93. The Balaban J connectivity index is 2.14. The quantitative estimate of drug-likeness (QED) is 0.843. The van der Waals surface area contributed by atoms with Crippen LogP contribution in [0.4, 0.5) is 5.69 Å². The van der Waals surface area contributed by atoms with Crippen molar-refractivity contribution in [1.29, 1.82) is 0 Å². The number of hydrogen-bond donors (Lipinski definition) is 2. The van der Waals surface area contributed by atoms with Crippen molar-refractivity contribution < 1.29 is 14.3 Å². The zero-order valence-corrected chi connectivity index (χ0v) is 11.6. The van der Waals surface area contributed by atoms with Crippen molar-refractivity contribution in [3.05, 3.63) is 65.2 Å². The molecule has 2 aromatic carbocycles. The van der Waals surface area contributed by atoms with Gasteiger partial charge in [0.05, 0.1) is 12.7 Å². The highest BCUT2D eigenvalue weighted by Crippen LogP contribution is 2.14. The summed E-state index contributed by atoms with van der Waals surface area (Å²) in [6.45, 7) is 0.296. The van der Waals surface area contributed by atoms with Crippen molar-refractivity contribution >= 4 is 17.6 Å². The third-order valence-corrected chi connectivity index (χ3v) is 3.05. The maximum atomic E-state index is 12.2. The normalized spacial score (nSPS) is 10.0. The van der Waals surface area contributed by atoms with E-state index in [1.807, 2.05) is 12.1 Å². The van der Waals surface area contributed by atoms with Gasteiger partial charge in [-0.15, -0.1) is 0 Å². The zero-order valence-electron chi connectivity index (χ0n) is 11.6. The van der Waals surface area contributed by atoms with Crippen LogP contribution in [0.25, 0.3) is 0 Å². The predicted molar refractivity (Wildman–Crippen MR) is 80.1 cm³/mol. The molecule has 108 valence electrons. The van der Waals surface area contributed by atoms with Gasteiger partial charge in [-0.3, -0.25) is 4.79 Å². The van der Waals surface area contributed by atoms with Crippen LogP contribution >= 0.6 is 0 Å². The molecule has 0 spiro atoms. The minimum absolute atomic E-state index is 0.234. The van der Waals surface area contributed by atoms with Gasteiger partial charge < -0.3 is 15.8 Å². The molecule has 0 aliphatic rings. The van der Waals surface area contributed by atoms with E-state index in [9.17, 15) is 9.59 Å². The first kappa shape index (κ1) is 14.7. The largest absolute Gasteiger partial charge is 0.465 e. The lowest BCUT2D eigenvalue weighted by Gasteiger charge is -2.09. The molecule has 2 rings (SSSR count). The number of nitrogens with two attached hydrogens (primary N) is 1. The average Bonchev–Trinajstić information content (AvgIpc) is 2.54. The second-order valence-corrected chi connectivity index (χ2v) is 4.38. The summed E-state index contributed by atoms with van der Waals surface area (Å²) in [7, 11) is 1.32. The van der Waals surface area contributed by atoms with Crippen LogP contribution in [-0.4, -0.2) is 19.0 Å². The first-order valence-corrected chi connectivity index (χ1v) is 6.43. The van der Waals surface area contributed by atoms with Gasteiger partial charge >= 0.3 is 5.97 Å². The van der Waals surface area contributed by atoms with Crippen LogP contribution in [0.2, 0.25) is 0 Å². The Morgan fingerprint density at radius 1 is 1.10 bits per heavy atom. The van der Waals surface area contributed by atoms with E-state index in [1.54, 1.807) is 36.4 Å². The molecule has 21 heavy (non-hydrogen) atoms. The smallest absolute Gasteiger partial charge is 0.337 e. The molecule has 0 unspecified atom stereocenters. The lowest BCUT2D eigenvalue weighted by molar-refractivity contribution is 0.0600. The highest BCUT2D eigenvalue weighted by atomic mass is 16.5. The molecule has 0 aromatic heterocycles. The third kappa shape index (κ3) is 3.46. The first-order chi connectivity index (χ1) is 10.2. The summed E-state index contributed by atoms with van der Waals surface area (Å²) >= 11 is 0. The van der Waals surface area contributed by atoms with E-state index in [1.165, 1.54) is 7.11 Å². The Kier molecular flexibility index (Phi) is 4.68. The SMILES string of the molecule is COC(=O)c1ccc(NC(=O)c2ccccc2CN)cc1. The topological polar surface area (TPSA) is 81.4 Å². The molecule has 0 fully saturated rings. The summed E-state index contributed by atoms with van der Waals surface area (Å²) in [5, 5.41) is 2.77. The van der Waals surface area contributed by atoms with Gasteiger partial charge in [0.1, 0.15) is 0 Å². The zero-order chi connectivity index (χ0) is 15.2. The summed E-state index contributed by atoms with van der Waals surface area (Å²) in [6.07, 6.45) is 0. The Hall–Kier alpha value is -2.66. The summed E-state index contributed by atoms with van der Waals surface area (Å²) in [5.74, 6) is -0.650. The highest BCUT2D eigenvalue weighted by Gasteiger charge is 2.11. The molecule has 0 aliphatic heterocycles. The van der Waals surface area contributed by atoms with E-state index >= 15 is 0 Å². The van der Waals surface area contributed by atoms with Crippen molar-refractivity contribution in [3.8, 4) is 0 Å². The minimum Gasteiger partial charge on any atom is -0.465 e. The van der Waals surface area contributed by atoms with Crippen molar-refractivity contribution in [2.45, 2.75) is 6.54 Å². The molecular weight excluding hydrogens is 268 g/mol. The van der Waals surface area contributed by atoms with Crippen molar-refractivity contribution in [3.63, 3.8) is 0 Å². The average molecular weight is 284 g/mol.